The van der Waals surface area contributed by atoms with E-state index in [9.17, 15) is 4.79 Å². The molecule has 2 N–H and O–H groups in total. The van der Waals surface area contributed by atoms with Crippen molar-refractivity contribution in [3.63, 3.8) is 0 Å². The van der Waals surface area contributed by atoms with Crippen LogP contribution in [0.5, 0.6) is 0 Å². The number of esters is 1. The summed E-state index contributed by atoms with van der Waals surface area (Å²) in [5, 5.41) is 0. The molecule has 1 aliphatic rings. The number of rotatable bonds is 8. The van der Waals surface area contributed by atoms with Crippen molar-refractivity contribution in [2.75, 3.05) is 20.2 Å². The molecule has 106 valence electrons. The van der Waals surface area contributed by atoms with Crippen molar-refractivity contribution in [3.05, 3.63) is 0 Å². The average molecular weight is 256 g/mol. The van der Waals surface area contributed by atoms with E-state index in [1.54, 1.807) is 0 Å². The van der Waals surface area contributed by atoms with Gasteiger partial charge in [0.2, 0.25) is 0 Å². The van der Waals surface area contributed by atoms with Crippen LogP contribution in [0.1, 0.15) is 46.5 Å². The minimum absolute atomic E-state index is 0.233. The number of likely N-dealkylation sites (N-methyl/N-ethyl adjacent to an activating group) is 1. The standard InChI is InChI=1S/C14H28N2O2/c1-5-7-11(3)16(4)10-14(15,12-8-9-12)13(17)18-6-2/h11-12H,5-10,15H2,1-4H3. The van der Waals surface area contributed by atoms with Gasteiger partial charge in [-0.25, -0.2) is 4.79 Å². The summed E-state index contributed by atoms with van der Waals surface area (Å²) in [5.41, 5.74) is 5.54. The molecule has 2 atom stereocenters. The molecule has 2 unspecified atom stereocenters. The quantitative estimate of drug-likeness (QED) is 0.673. The fourth-order valence-corrected chi connectivity index (χ4v) is 2.43. The first-order chi connectivity index (χ1) is 8.45. The predicted molar refractivity (Wildman–Crippen MR) is 73.3 cm³/mol. The van der Waals surface area contributed by atoms with Crippen LogP contribution in [0.2, 0.25) is 0 Å². The van der Waals surface area contributed by atoms with E-state index in [2.05, 4.69) is 18.7 Å². The highest BCUT2D eigenvalue weighted by molar-refractivity contribution is 5.82. The van der Waals surface area contributed by atoms with Crippen molar-refractivity contribution in [1.82, 2.24) is 4.90 Å². The number of carbonyl (C=O) groups is 1. The van der Waals surface area contributed by atoms with Crippen molar-refractivity contribution in [3.8, 4) is 0 Å². The molecule has 1 fully saturated rings. The Morgan fingerprint density at radius 3 is 2.56 bits per heavy atom. The molecule has 4 nitrogen and oxygen atoms in total. The van der Waals surface area contributed by atoms with Gasteiger partial charge in [-0.05, 0) is 46.1 Å². The van der Waals surface area contributed by atoms with Gasteiger partial charge in [-0.15, -0.1) is 0 Å². The molecule has 0 amide bonds. The second kappa shape index (κ2) is 6.53. The molecular weight excluding hydrogens is 228 g/mol. The Morgan fingerprint density at radius 2 is 2.11 bits per heavy atom. The molecular formula is C14H28N2O2. The Bertz CT molecular complexity index is 279. The minimum Gasteiger partial charge on any atom is -0.465 e. The maximum absolute atomic E-state index is 12.1. The number of ether oxygens (including phenoxy) is 1. The van der Waals surface area contributed by atoms with Crippen LogP contribution in [0.4, 0.5) is 0 Å². The molecule has 0 aliphatic heterocycles. The summed E-state index contributed by atoms with van der Waals surface area (Å²) >= 11 is 0. The Morgan fingerprint density at radius 1 is 1.50 bits per heavy atom. The maximum atomic E-state index is 12.1. The monoisotopic (exact) mass is 256 g/mol. The highest BCUT2D eigenvalue weighted by Gasteiger charge is 2.49. The van der Waals surface area contributed by atoms with E-state index in [1.165, 1.54) is 0 Å². The molecule has 0 aromatic rings. The Labute approximate surface area is 111 Å². The first-order valence-electron chi connectivity index (χ1n) is 7.12. The summed E-state index contributed by atoms with van der Waals surface area (Å²) in [5.74, 6) is 0.0656. The molecule has 1 rings (SSSR count). The highest BCUT2D eigenvalue weighted by Crippen LogP contribution is 2.39. The Hall–Kier alpha value is -0.610. The van der Waals surface area contributed by atoms with Crippen molar-refractivity contribution < 1.29 is 9.53 Å². The maximum Gasteiger partial charge on any atom is 0.327 e. The molecule has 18 heavy (non-hydrogen) atoms. The minimum atomic E-state index is -0.813. The van der Waals surface area contributed by atoms with E-state index in [1.807, 2.05) is 14.0 Å². The van der Waals surface area contributed by atoms with Gasteiger partial charge < -0.3 is 15.4 Å². The zero-order valence-electron chi connectivity index (χ0n) is 12.2. The Kier molecular flexibility index (Phi) is 5.60. The third-order valence-corrected chi connectivity index (χ3v) is 3.93. The van der Waals surface area contributed by atoms with Crippen molar-refractivity contribution in [2.45, 2.75) is 58.0 Å². The van der Waals surface area contributed by atoms with Gasteiger partial charge in [-0.2, -0.15) is 0 Å². The van der Waals surface area contributed by atoms with Crippen LogP contribution in [0.3, 0.4) is 0 Å². The van der Waals surface area contributed by atoms with E-state index in [-0.39, 0.29) is 5.97 Å². The first kappa shape index (κ1) is 15.4. The lowest BCUT2D eigenvalue weighted by Gasteiger charge is -2.34. The molecule has 0 saturated heterocycles. The summed E-state index contributed by atoms with van der Waals surface area (Å²) in [6.07, 6.45) is 4.36. The van der Waals surface area contributed by atoms with Gasteiger partial charge in [0.1, 0.15) is 5.54 Å². The van der Waals surface area contributed by atoms with E-state index in [0.29, 0.717) is 25.1 Å². The largest absolute Gasteiger partial charge is 0.465 e. The molecule has 4 heteroatoms. The zero-order valence-corrected chi connectivity index (χ0v) is 12.2. The fourth-order valence-electron chi connectivity index (χ4n) is 2.43. The van der Waals surface area contributed by atoms with Crippen molar-refractivity contribution in [1.29, 1.82) is 0 Å². The first-order valence-corrected chi connectivity index (χ1v) is 7.12. The van der Waals surface area contributed by atoms with Gasteiger partial charge in [-0.1, -0.05) is 13.3 Å². The van der Waals surface area contributed by atoms with Gasteiger partial charge in [0.05, 0.1) is 6.61 Å². The van der Waals surface area contributed by atoms with E-state index in [4.69, 9.17) is 10.5 Å². The Balaban J connectivity index is 2.64. The third kappa shape index (κ3) is 3.69. The van der Waals surface area contributed by atoms with E-state index >= 15 is 0 Å². The summed E-state index contributed by atoms with van der Waals surface area (Å²) in [7, 11) is 2.05. The summed E-state index contributed by atoms with van der Waals surface area (Å²) in [6, 6.07) is 0.450. The van der Waals surface area contributed by atoms with Gasteiger partial charge in [0.15, 0.2) is 0 Å². The smallest absolute Gasteiger partial charge is 0.327 e. The van der Waals surface area contributed by atoms with Gasteiger partial charge in [0.25, 0.3) is 0 Å². The SMILES string of the molecule is CCCC(C)N(C)CC(N)(C(=O)OCC)C1CC1. The lowest BCUT2D eigenvalue weighted by Crippen LogP contribution is -2.59. The van der Waals surface area contributed by atoms with Crippen LogP contribution in [-0.2, 0) is 9.53 Å². The lowest BCUT2D eigenvalue weighted by molar-refractivity contribution is -0.151. The molecule has 1 aliphatic carbocycles. The molecule has 0 aromatic carbocycles. The van der Waals surface area contributed by atoms with Crippen molar-refractivity contribution in [2.24, 2.45) is 11.7 Å². The molecule has 0 heterocycles. The summed E-state index contributed by atoms with van der Waals surface area (Å²) in [6.45, 7) is 7.18. The van der Waals surface area contributed by atoms with Gasteiger partial charge in [0, 0.05) is 12.6 Å². The predicted octanol–water partition coefficient (Wildman–Crippen LogP) is 1.78. The van der Waals surface area contributed by atoms with Crippen LogP contribution in [0.25, 0.3) is 0 Å². The van der Waals surface area contributed by atoms with Crippen molar-refractivity contribution >= 4 is 5.97 Å². The third-order valence-electron chi connectivity index (χ3n) is 3.93. The second-order valence-corrected chi connectivity index (χ2v) is 5.59. The van der Waals surface area contributed by atoms with E-state index < -0.39 is 5.54 Å². The molecule has 1 saturated carbocycles. The number of carbonyl (C=O) groups excluding carboxylic acids is 1. The lowest BCUT2D eigenvalue weighted by atomic mass is 9.93. The van der Waals surface area contributed by atoms with Crippen LogP contribution in [0, 0.1) is 5.92 Å². The topological polar surface area (TPSA) is 55.6 Å². The van der Waals surface area contributed by atoms with Crippen LogP contribution >= 0.6 is 0 Å². The number of nitrogens with two attached hydrogens (primary N) is 1. The molecule has 0 aromatic heterocycles. The van der Waals surface area contributed by atoms with E-state index in [0.717, 1.165) is 25.7 Å². The van der Waals surface area contributed by atoms with Gasteiger partial charge >= 0.3 is 5.97 Å². The molecule has 0 bridgehead atoms. The summed E-state index contributed by atoms with van der Waals surface area (Å²) in [4.78, 5) is 14.3. The molecule has 0 radical (unpaired) electrons. The normalized spacial score (nSPS) is 20.6. The van der Waals surface area contributed by atoms with Gasteiger partial charge in [-0.3, -0.25) is 0 Å². The van der Waals surface area contributed by atoms with Crippen LogP contribution in [0.15, 0.2) is 0 Å². The second-order valence-electron chi connectivity index (χ2n) is 5.59. The zero-order chi connectivity index (χ0) is 13.8. The number of hydrogen-bond acceptors (Lipinski definition) is 4. The van der Waals surface area contributed by atoms with Crippen LogP contribution in [-0.4, -0.2) is 42.6 Å². The molecule has 0 spiro atoms. The number of nitrogens with zero attached hydrogens (tertiary/aromatic N) is 1. The number of hydrogen-bond donors (Lipinski definition) is 1. The average Bonchev–Trinajstić information content (AvgIpc) is 3.13. The summed E-state index contributed by atoms with van der Waals surface area (Å²) < 4.78 is 5.16. The fraction of sp³-hybridized carbons (Fsp3) is 0.929. The highest BCUT2D eigenvalue weighted by atomic mass is 16.5. The van der Waals surface area contributed by atoms with Crippen LogP contribution < -0.4 is 5.73 Å².